The summed E-state index contributed by atoms with van der Waals surface area (Å²) in [6.07, 6.45) is 6.83. The maximum absolute atomic E-state index is 12.9. The molecule has 4 nitrogen and oxygen atoms in total. The van der Waals surface area contributed by atoms with Crippen molar-refractivity contribution in [3.63, 3.8) is 0 Å². The van der Waals surface area contributed by atoms with Crippen LogP contribution < -0.4 is 0 Å². The van der Waals surface area contributed by atoms with Crippen LogP contribution >= 0.6 is 22.9 Å². The zero-order valence-corrected chi connectivity index (χ0v) is 14.8. The van der Waals surface area contributed by atoms with E-state index in [1.54, 1.807) is 6.20 Å². The highest BCUT2D eigenvalue weighted by atomic mass is 35.5. The normalized spacial score (nSPS) is 18.3. The summed E-state index contributed by atoms with van der Waals surface area (Å²) < 4.78 is 6.56. The number of H-pyrrole nitrogens is 1. The summed E-state index contributed by atoms with van der Waals surface area (Å²) in [6.45, 7) is 4.33. The second-order valence-electron chi connectivity index (χ2n) is 5.77. The lowest BCUT2D eigenvalue weighted by molar-refractivity contribution is 0.00214. The first-order valence-corrected chi connectivity index (χ1v) is 9.22. The van der Waals surface area contributed by atoms with Crippen LogP contribution in [0.4, 0.5) is 0 Å². The number of nitrogens with one attached hydrogen (secondary N) is 1. The number of ether oxygens (including phenoxy) is 1. The van der Waals surface area contributed by atoms with Crippen molar-refractivity contribution in [2.24, 2.45) is 0 Å². The third-order valence-electron chi connectivity index (χ3n) is 4.04. The van der Waals surface area contributed by atoms with Crippen LogP contribution in [0.3, 0.4) is 0 Å². The van der Waals surface area contributed by atoms with Gasteiger partial charge >= 0.3 is 0 Å². The number of thiophene rings is 1. The Morgan fingerprint density at radius 3 is 3.09 bits per heavy atom. The van der Waals surface area contributed by atoms with Crippen LogP contribution in [-0.4, -0.2) is 41.6 Å². The fourth-order valence-corrected chi connectivity index (χ4v) is 3.99. The SMILES string of the molecule is CCCOC1CCCN(C(=O)c2c[nH]cc2-c2ccc(Cl)s2)C1. The highest BCUT2D eigenvalue weighted by Gasteiger charge is 2.27. The number of piperidine rings is 1. The highest BCUT2D eigenvalue weighted by Crippen LogP contribution is 2.33. The summed E-state index contributed by atoms with van der Waals surface area (Å²) in [6, 6.07) is 3.81. The third-order valence-corrected chi connectivity index (χ3v) is 5.30. The summed E-state index contributed by atoms with van der Waals surface area (Å²) in [5.41, 5.74) is 1.63. The van der Waals surface area contributed by atoms with Crippen LogP contribution in [-0.2, 0) is 4.74 Å². The number of hydrogen-bond donors (Lipinski definition) is 1. The van der Waals surface area contributed by atoms with E-state index in [9.17, 15) is 4.79 Å². The molecule has 23 heavy (non-hydrogen) atoms. The van der Waals surface area contributed by atoms with E-state index in [0.29, 0.717) is 12.1 Å². The second-order valence-corrected chi connectivity index (χ2v) is 7.49. The number of likely N-dealkylation sites (tertiary alicyclic amines) is 1. The first-order chi connectivity index (χ1) is 11.2. The molecule has 0 spiro atoms. The maximum atomic E-state index is 12.9. The minimum atomic E-state index is 0.0653. The average molecular weight is 353 g/mol. The van der Waals surface area contributed by atoms with Gasteiger partial charge in [-0.25, -0.2) is 0 Å². The molecule has 1 unspecified atom stereocenters. The second kappa shape index (κ2) is 7.51. The van der Waals surface area contributed by atoms with Gasteiger partial charge in [-0.05, 0) is 31.4 Å². The number of carbonyl (C=O) groups excluding carboxylic acids is 1. The van der Waals surface area contributed by atoms with E-state index in [-0.39, 0.29) is 12.0 Å². The minimum absolute atomic E-state index is 0.0653. The van der Waals surface area contributed by atoms with Gasteiger partial charge in [0.05, 0.1) is 16.0 Å². The molecule has 124 valence electrons. The molecule has 1 fully saturated rings. The summed E-state index contributed by atoms with van der Waals surface area (Å²) in [5, 5.41) is 0. The van der Waals surface area contributed by atoms with Gasteiger partial charge in [-0.2, -0.15) is 0 Å². The number of carbonyl (C=O) groups is 1. The quantitative estimate of drug-likeness (QED) is 0.865. The number of halogens is 1. The van der Waals surface area contributed by atoms with Gasteiger partial charge in [0.25, 0.3) is 5.91 Å². The molecular weight excluding hydrogens is 332 g/mol. The van der Waals surface area contributed by atoms with Gasteiger partial charge in [0.2, 0.25) is 0 Å². The van der Waals surface area contributed by atoms with Crippen molar-refractivity contribution in [2.75, 3.05) is 19.7 Å². The Kier molecular flexibility index (Phi) is 5.41. The molecule has 1 amide bonds. The zero-order chi connectivity index (χ0) is 16.2. The fourth-order valence-electron chi connectivity index (χ4n) is 2.92. The molecular formula is C17H21ClN2O2S. The molecule has 0 aromatic carbocycles. The van der Waals surface area contributed by atoms with Crippen molar-refractivity contribution in [2.45, 2.75) is 32.3 Å². The predicted molar refractivity (Wildman–Crippen MR) is 94.3 cm³/mol. The van der Waals surface area contributed by atoms with Crippen LogP contribution in [0.25, 0.3) is 10.4 Å². The van der Waals surface area contributed by atoms with Gasteiger partial charge in [0, 0.05) is 42.5 Å². The molecule has 1 N–H and O–H groups in total. The van der Waals surface area contributed by atoms with E-state index in [1.807, 2.05) is 23.2 Å². The van der Waals surface area contributed by atoms with Crippen molar-refractivity contribution < 1.29 is 9.53 Å². The Hall–Kier alpha value is -1.30. The van der Waals surface area contributed by atoms with Gasteiger partial charge in [-0.1, -0.05) is 18.5 Å². The van der Waals surface area contributed by atoms with Crippen molar-refractivity contribution >= 4 is 28.8 Å². The first-order valence-electron chi connectivity index (χ1n) is 8.02. The Morgan fingerprint density at radius 1 is 1.48 bits per heavy atom. The van der Waals surface area contributed by atoms with E-state index in [4.69, 9.17) is 16.3 Å². The Bertz CT molecular complexity index is 667. The standard InChI is InChI=1S/C17H21ClN2O2S/c1-2-8-22-12-4-3-7-20(11-12)17(21)14-10-19-9-13(14)15-5-6-16(18)23-15/h5-6,9-10,12,19H,2-4,7-8,11H2,1H3. The van der Waals surface area contributed by atoms with Gasteiger partial charge in [0.1, 0.15) is 0 Å². The lowest BCUT2D eigenvalue weighted by atomic mass is 10.1. The summed E-state index contributed by atoms with van der Waals surface area (Å²) in [7, 11) is 0. The molecule has 0 saturated carbocycles. The van der Waals surface area contributed by atoms with E-state index < -0.39 is 0 Å². The van der Waals surface area contributed by atoms with Gasteiger partial charge in [0.15, 0.2) is 0 Å². The van der Waals surface area contributed by atoms with E-state index in [1.165, 1.54) is 11.3 Å². The number of hydrogen-bond acceptors (Lipinski definition) is 3. The van der Waals surface area contributed by atoms with E-state index in [0.717, 1.165) is 47.2 Å². The van der Waals surface area contributed by atoms with Crippen molar-refractivity contribution in [3.8, 4) is 10.4 Å². The van der Waals surface area contributed by atoms with E-state index in [2.05, 4.69) is 11.9 Å². The Morgan fingerprint density at radius 2 is 2.35 bits per heavy atom. The fraction of sp³-hybridized carbons (Fsp3) is 0.471. The maximum Gasteiger partial charge on any atom is 0.256 e. The minimum Gasteiger partial charge on any atom is -0.376 e. The zero-order valence-electron chi connectivity index (χ0n) is 13.2. The van der Waals surface area contributed by atoms with E-state index >= 15 is 0 Å². The molecule has 0 radical (unpaired) electrons. The summed E-state index contributed by atoms with van der Waals surface area (Å²) in [5.74, 6) is 0.0653. The first kappa shape index (κ1) is 16.6. The number of nitrogens with zero attached hydrogens (tertiary/aromatic N) is 1. The molecule has 0 aliphatic carbocycles. The third kappa shape index (κ3) is 3.79. The van der Waals surface area contributed by atoms with Gasteiger partial charge in [-0.15, -0.1) is 11.3 Å². The van der Waals surface area contributed by atoms with Crippen LogP contribution in [0.2, 0.25) is 4.34 Å². The molecule has 1 aliphatic heterocycles. The lowest BCUT2D eigenvalue weighted by Crippen LogP contribution is -2.43. The molecule has 3 rings (SSSR count). The molecule has 3 heterocycles. The molecule has 6 heteroatoms. The predicted octanol–water partition coefficient (Wildman–Crippen LogP) is 4.43. The van der Waals surface area contributed by atoms with Crippen molar-refractivity contribution in [3.05, 3.63) is 34.4 Å². The van der Waals surface area contributed by atoms with Crippen LogP contribution in [0.15, 0.2) is 24.5 Å². The summed E-state index contributed by atoms with van der Waals surface area (Å²) >= 11 is 7.51. The molecule has 1 saturated heterocycles. The molecule has 1 atom stereocenters. The smallest absolute Gasteiger partial charge is 0.256 e. The van der Waals surface area contributed by atoms with Crippen LogP contribution in [0, 0.1) is 0 Å². The van der Waals surface area contributed by atoms with Gasteiger partial charge < -0.3 is 14.6 Å². The number of rotatable bonds is 5. The molecule has 2 aromatic rings. The van der Waals surface area contributed by atoms with Crippen molar-refractivity contribution in [1.82, 2.24) is 9.88 Å². The van der Waals surface area contributed by atoms with Crippen LogP contribution in [0.1, 0.15) is 36.5 Å². The van der Waals surface area contributed by atoms with Crippen LogP contribution in [0.5, 0.6) is 0 Å². The summed E-state index contributed by atoms with van der Waals surface area (Å²) in [4.78, 5) is 18.9. The highest BCUT2D eigenvalue weighted by molar-refractivity contribution is 7.19. The number of aromatic nitrogens is 1. The molecule has 2 aromatic heterocycles. The largest absolute Gasteiger partial charge is 0.376 e. The Balaban J connectivity index is 1.74. The number of amides is 1. The van der Waals surface area contributed by atoms with Gasteiger partial charge in [-0.3, -0.25) is 4.79 Å². The lowest BCUT2D eigenvalue weighted by Gasteiger charge is -2.32. The Labute approximate surface area is 145 Å². The average Bonchev–Trinajstić information content (AvgIpc) is 3.21. The monoisotopic (exact) mass is 352 g/mol. The molecule has 0 bridgehead atoms. The molecule has 1 aliphatic rings. The number of aromatic amines is 1. The van der Waals surface area contributed by atoms with Crippen molar-refractivity contribution in [1.29, 1.82) is 0 Å². The topological polar surface area (TPSA) is 45.3 Å².